The van der Waals surface area contributed by atoms with Crippen molar-refractivity contribution in [1.29, 1.82) is 0 Å². The van der Waals surface area contributed by atoms with Gasteiger partial charge in [-0.1, -0.05) is 6.07 Å². The van der Waals surface area contributed by atoms with Crippen LogP contribution in [-0.2, 0) is 0 Å². The van der Waals surface area contributed by atoms with Gasteiger partial charge in [0.05, 0.1) is 17.1 Å². The van der Waals surface area contributed by atoms with E-state index in [2.05, 4.69) is 15.1 Å². The lowest BCUT2D eigenvalue weighted by molar-refractivity contribution is 0.0690. The summed E-state index contributed by atoms with van der Waals surface area (Å²) in [6.45, 7) is 1.83. The number of nitrogens with zero attached hydrogens (tertiary/aromatic N) is 4. The highest BCUT2D eigenvalue weighted by molar-refractivity contribution is 5.87. The zero-order valence-electron chi connectivity index (χ0n) is 10.1. The highest BCUT2D eigenvalue weighted by Crippen LogP contribution is 2.19. The van der Waals surface area contributed by atoms with Crippen LogP contribution in [-0.4, -0.2) is 30.7 Å². The van der Waals surface area contributed by atoms with Gasteiger partial charge >= 0.3 is 5.97 Å². The van der Waals surface area contributed by atoms with Crippen LogP contribution in [0, 0.1) is 6.92 Å². The van der Waals surface area contributed by atoms with Crippen LogP contribution in [0.3, 0.4) is 0 Å². The van der Waals surface area contributed by atoms with Gasteiger partial charge in [-0.15, -0.1) is 0 Å². The standard InChI is InChI=1S/C13H10N4O2/c1-8-6-12-15-10(13(18)19)7-11(17(12)16-8)9-4-2-3-5-14-9/h2-7H,1H3,(H,18,19). The minimum Gasteiger partial charge on any atom is -0.477 e. The summed E-state index contributed by atoms with van der Waals surface area (Å²) in [5.41, 5.74) is 2.51. The molecule has 0 atom stereocenters. The maximum atomic E-state index is 11.1. The first-order chi connectivity index (χ1) is 9.15. The van der Waals surface area contributed by atoms with E-state index in [0.717, 1.165) is 5.69 Å². The average Bonchev–Trinajstić information content (AvgIpc) is 2.78. The summed E-state index contributed by atoms with van der Waals surface area (Å²) in [4.78, 5) is 19.4. The minimum absolute atomic E-state index is 0.0203. The maximum absolute atomic E-state index is 11.1. The largest absolute Gasteiger partial charge is 0.477 e. The van der Waals surface area contributed by atoms with Gasteiger partial charge in [0.1, 0.15) is 0 Å². The van der Waals surface area contributed by atoms with Gasteiger partial charge in [-0.05, 0) is 25.1 Å². The number of carbonyl (C=O) groups is 1. The second-order valence-corrected chi connectivity index (χ2v) is 4.10. The third kappa shape index (κ3) is 1.93. The van der Waals surface area contributed by atoms with Crippen LogP contribution in [0.5, 0.6) is 0 Å². The van der Waals surface area contributed by atoms with E-state index < -0.39 is 5.97 Å². The Morgan fingerprint density at radius 3 is 2.84 bits per heavy atom. The number of aromatic carboxylic acids is 1. The third-order valence-electron chi connectivity index (χ3n) is 2.70. The smallest absolute Gasteiger partial charge is 0.354 e. The van der Waals surface area contributed by atoms with E-state index in [-0.39, 0.29) is 5.69 Å². The van der Waals surface area contributed by atoms with E-state index in [1.807, 2.05) is 13.0 Å². The summed E-state index contributed by atoms with van der Waals surface area (Å²) in [5, 5.41) is 13.4. The van der Waals surface area contributed by atoms with E-state index in [0.29, 0.717) is 17.0 Å². The fraction of sp³-hybridized carbons (Fsp3) is 0.0769. The number of hydrogen-bond donors (Lipinski definition) is 1. The maximum Gasteiger partial charge on any atom is 0.354 e. The molecule has 6 heteroatoms. The lowest BCUT2D eigenvalue weighted by Gasteiger charge is -2.05. The van der Waals surface area contributed by atoms with Crippen molar-refractivity contribution in [2.24, 2.45) is 0 Å². The molecule has 3 aromatic rings. The summed E-state index contributed by atoms with van der Waals surface area (Å²) in [6.07, 6.45) is 1.65. The molecule has 0 fully saturated rings. The Balaban J connectivity index is 2.35. The molecule has 0 amide bonds. The lowest BCUT2D eigenvalue weighted by Crippen LogP contribution is -2.05. The number of rotatable bonds is 2. The monoisotopic (exact) mass is 254 g/mol. The number of carboxylic acid groups (broad SMARTS) is 1. The van der Waals surface area contributed by atoms with E-state index in [1.165, 1.54) is 6.07 Å². The highest BCUT2D eigenvalue weighted by Gasteiger charge is 2.14. The fourth-order valence-corrected chi connectivity index (χ4v) is 1.90. The molecule has 0 aliphatic heterocycles. The molecule has 1 N–H and O–H groups in total. The van der Waals surface area contributed by atoms with Crippen molar-refractivity contribution >= 4 is 11.6 Å². The van der Waals surface area contributed by atoms with Gasteiger partial charge in [-0.2, -0.15) is 5.10 Å². The molecule has 0 bridgehead atoms. The van der Waals surface area contributed by atoms with Crippen molar-refractivity contribution in [3.63, 3.8) is 0 Å². The number of aryl methyl sites for hydroxylation is 1. The van der Waals surface area contributed by atoms with Crippen molar-refractivity contribution in [3.05, 3.63) is 47.9 Å². The van der Waals surface area contributed by atoms with Gasteiger partial charge in [0, 0.05) is 12.3 Å². The fourth-order valence-electron chi connectivity index (χ4n) is 1.90. The SMILES string of the molecule is Cc1cc2nc(C(=O)O)cc(-c3ccccn3)n2n1. The molecule has 0 unspecified atom stereocenters. The molecule has 3 heterocycles. The second kappa shape index (κ2) is 4.16. The molecule has 6 nitrogen and oxygen atoms in total. The van der Waals surface area contributed by atoms with E-state index in [4.69, 9.17) is 5.11 Å². The Morgan fingerprint density at radius 1 is 1.32 bits per heavy atom. The first-order valence-corrected chi connectivity index (χ1v) is 5.67. The number of carboxylic acids is 1. The third-order valence-corrected chi connectivity index (χ3v) is 2.70. The van der Waals surface area contributed by atoms with E-state index in [1.54, 1.807) is 28.9 Å². The summed E-state index contributed by atoms with van der Waals surface area (Å²) < 4.78 is 1.60. The van der Waals surface area contributed by atoms with Gasteiger partial charge in [0.15, 0.2) is 11.3 Å². The van der Waals surface area contributed by atoms with Crippen molar-refractivity contribution in [2.75, 3.05) is 0 Å². The van der Waals surface area contributed by atoms with Crippen LogP contribution >= 0.6 is 0 Å². The van der Waals surface area contributed by atoms with Gasteiger partial charge in [-0.3, -0.25) is 4.98 Å². The molecule has 0 aliphatic carbocycles. The van der Waals surface area contributed by atoms with Crippen molar-refractivity contribution < 1.29 is 9.90 Å². The summed E-state index contributed by atoms with van der Waals surface area (Å²) in [7, 11) is 0. The molecule has 0 spiro atoms. The molecular weight excluding hydrogens is 244 g/mol. The Morgan fingerprint density at radius 2 is 2.16 bits per heavy atom. The number of aromatic nitrogens is 4. The van der Waals surface area contributed by atoms with Crippen molar-refractivity contribution in [3.8, 4) is 11.4 Å². The molecule has 94 valence electrons. The van der Waals surface area contributed by atoms with Crippen molar-refractivity contribution in [1.82, 2.24) is 19.6 Å². The lowest BCUT2D eigenvalue weighted by atomic mass is 10.2. The minimum atomic E-state index is -1.07. The zero-order valence-corrected chi connectivity index (χ0v) is 10.1. The van der Waals surface area contributed by atoms with Gasteiger partial charge in [0.2, 0.25) is 0 Å². The summed E-state index contributed by atoms with van der Waals surface area (Å²) >= 11 is 0. The number of hydrogen-bond acceptors (Lipinski definition) is 4. The quantitative estimate of drug-likeness (QED) is 0.754. The Kier molecular flexibility index (Phi) is 2.49. The first kappa shape index (κ1) is 11.3. The molecule has 3 aromatic heterocycles. The molecule has 19 heavy (non-hydrogen) atoms. The predicted molar refractivity (Wildman–Crippen MR) is 67.9 cm³/mol. The van der Waals surface area contributed by atoms with Crippen LogP contribution in [0.2, 0.25) is 0 Å². The zero-order chi connectivity index (χ0) is 13.4. The van der Waals surface area contributed by atoms with Gasteiger partial charge < -0.3 is 5.11 Å². The summed E-state index contributed by atoms with van der Waals surface area (Å²) in [5.74, 6) is -1.07. The second-order valence-electron chi connectivity index (χ2n) is 4.10. The molecule has 0 aromatic carbocycles. The normalized spacial score (nSPS) is 10.8. The van der Waals surface area contributed by atoms with Crippen LogP contribution in [0.25, 0.3) is 17.0 Å². The molecular formula is C13H10N4O2. The summed E-state index contributed by atoms with van der Waals surface area (Å²) in [6, 6.07) is 8.65. The molecule has 0 saturated heterocycles. The first-order valence-electron chi connectivity index (χ1n) is 5.67. The van der Waals surface area contributed by atoms with Crippen LogP contribution < -0.4 is 0 Å². The van der Waals surface area contributed by atoms with Gasteiger partial charge in [-0.25, -0.2) is 14.3 Å². The van der Waals surface area contributed by atoms with Crippen LogP contribution in [0.1, 0.15) is 16.2 Å². The molecule has 3 rings (SSSR count). The van der Waals surface area contributed by atoms with Crippen LogP contribution in [0.4, 0.5) is 0 Å². The van der Waals surface area contributed by atoms with Crippen LogP contribution in [0.15, 0.2) is 36.5 Å². The van der Waals surface area contributed by atoms with Gasteiger partial charge in [0.25, 0.3) is 0 Å². The van der Waals surface area contributed by atoms with E-state index >= 15 is 0 Å². The Labute approximate surface area is 108 Å². The van der Waals surface area contributed by atoms with E-state index in [9.17, 15) is 4.79 Å². The Hall–Kier alpha value is -2.76. The predicted octanol–water partition coefficient (Wildman–Crippen LogP) is 1.80. The molecule has 0 saturated carbocycles. The highest BCUT2D eigenvalue weighted by atomic mass is 16.4. The molecule has 0 aliphatic rings. The number of fused-ring (bicyclic) bond motifs is 1. The number of pyridine rings is 1. The topological polar surface area (TPSA) is 80.4 Å². The Bertz CT molecular complexity index is 765. The van der Waals surface area contributed by atoms with Crippen molar-refractivity contribution in [2.45, 2.75) is 6.92 Å². The molecule has 0 radical (unpaired) electrons. The average molecular weight is 254 g/mol.